The van der Waals surface area contributed by atoms with E-state index < -0.39 is 16.1 Å². The van der Waals surface area contributed by atoms with Crippen molar-refractivity contribution in [3.63, 3.8) is 0 Å². The van der Waals surface area contributed by atoms with Crippen LogP contribution in [0, 0.1) is 0 Å². The Kier molecular flexibility index (Phi) is 5.87. The van der Waals surface area contributed by atoms with Crippen molar-refractivity contribution in [1.29, 1.82) is 0 Å². The van der Waals surface area contributed by atoms with Gasteiger partial charge >= 0.3 is 6.03 Å². The fourth-order valence-electron chi connectivity index (χ4n) is 2.29. The predicted octanol–water partition coefficient (Wildman–Crippen LogP) is 2.84. The highest BCUT2D eigenvalue weighted by atomic mass is 32.2. The Morgan fingerprint density at radius 2 is 1.82 bits per heavy atom. The minimum Gasteiger partial charge on any atom is -0.439 e. The second-order valence-corrected chi connectivity index (χ2v) is 7.36. The van der Waals surface area contributed by atoms with Crippen LogP contribution < -0.4 is 20.5 Å². The molecule has 0 saturated heterocycles. The van der Waals surface area contributed by atoms with E-state index in [4.69, 9.17) is 9.88 Å². The largest absolute Gasteiger partial charge is 0.439 e. The van der Waals surface area contributed by atoms with Crippen LogP contribution in [0.5, 0.6) is 11.6 Å². The minimum absolute atomic E-state index is 0.0801. The third-order valence-corrected chi connectivity index (χ3v) is 4.55. The van der Waals surface area contributed by atoms with Gasteiger partial charge in [0.15, 0.2) is 0 Å². The van der Waals surface area contributed by atoms with Crippen molar-refractivity contribution in [2.45, 2.75) is 11.4 Å². The van der Waals surface area contributed by atoms with Crippen molar-refractivity contribution in [3.8, 4) is 11.6 Å². The van der Waals surface area contributed by atoms with E-state index >= 15 is 0 Å². The number of primary sulfonamides is 1. The molecule has 0 atom stereocenters. The van der Waals surface area contributed by atoms with Crippen LogP contribution in [0.3, 0.4) is 0 Å². The lowest BCUT2D eigenvalue weighted by Gasteiger charge is -2.09. The Morgan fingerprint density at radius 1 is 1.04 bits per heavy atom. The summed E-state index contributed by atoms with van der Waals surface area (Å²) < 4.78 is 28.3. The number of benzene rings is 2. The second-order valence-electron chi connectivity index (χ2n) is 5.80. The number of hydrogen-bond donors (Lipinski definition) is 3. The molecule has 0 saturated carbocycles. The van der Waals surface area contributed by atoms with Gasteiger partial charge in [0.2, 0.25) is 15.9 Å². The summed E-state index contributed by atoms with van der Waals surface area (Å²) in [6.07, 6.45) is 1.60. The molecule has 28 heavy (non-hydrogen) atoms. The molecule has 0 unspecified atom stereocenters. The molecule has 0 aliphatic heterocycles. The Labute approximate surface area is 162 Å². The smallest absolute Gasteiger partial charge is 0.319 e. The summed E-state index contributed by atoms with van der Waals surface area (Å²) in [5.74, 6) is 1.13. The number of carbonyl (C=O) groups is 1. The number of urea groups is 1. The SMILES string of the molecule is NS(=O)(=O)c1cccc(NC(=O)NCc2ccc(Oc3ccccc3)nc2)c1. The Balaban J connectivity index is 1.53. The van der Waals surface area contributed by atoms with Crippen molar-refractivity contribution in [2.24, 2.45) is 5.14 Å². The van der Waals surface area contributed by atoms with E-state index in [1.54, 1.807) is 24.4 Å². The van der Waals surface area contributed by atoms with E-state index in [1.807, 2.05) is 30.3 Å². The molecule has 0 spiro atoms. The molecule has 2 aromatic carbocycles. The Hall–Kier alpha value is -3.43. The molecule has 0 radical (unpaired) electrons. The fourth-order valence-corrected chi connectivity index (χ4v) is 2.85. The molecule has 144 valence electrons. The van der Waals surface area contributed by atoms with Crippen LogP contribution in [0.25, 0.3) is 0 Å². The van der Waals surface area contributed by atoms with E-state index in [0.29, 0.717) is 17.3 Å². The van der Waals surface area contributed by atoms with Crippen molar-refractivity contribution in [2.75, 3.05) is 5.32 Å². The lowest BCUT2D eigenvalue weighted by Crippen LogP contribution is -2.28. The number of rotatable bonds is 6. The summed E-state index contributed by atoms with van der Waals surface area (Å²) in [6.45, 7) is 0.235. The molecule has 9 heteroatoms. The molecule has 1 aromatic heterocycles. The quantitative estimate of drug-likeness (QED) is 0.589. The van der Waals surface area contributed by atoms with Crippen LogP contribution >= 0.6 is 0 Å². The zero-order valence-electron chi connectivity index (χ0n) is 14.7. The highest BCUT2D eigenvalue weighted by molar-refractivity contribution is 7.89. The summed E-state index contributed by atoms with van der Waals surface area (Å²) in [7, 11) is -3.83. The highest BCUT2D eigenvalue weighted by Gasteiger charge is 2.09. The fraction of sp³-hybridized carbons (Fsp3) is 0.0526. The van der Waals surface area contributed by atoms with Crippen LogP contribution in [0.4, 0.5) is 10.5 Å². The molecule has 0 bridgehead atoms. The number of pyridine rings is 1. The normalized spacial score (nSPS) is 10.9. The molecule has 3 rings (SSSR count). The van der Waals surface area contributed by atoms with Gasteiger partial charge in [-0.3, -0.25) is 0 Å². The number of nitrogens with one attached hydrogen (secondary N) is 2. The summed E-state index contributed by atoms with van der Waals surface area (Å²) in [4.78, 5) is 16.1. The number of anilines is 1. The third kappa shape index (κ3) is 5.53. The summed E-state index contributed by atoms with van der Waals surface area (Å²) in [5.41, 5.74) is 1.09. The maximum atomic E-state index is 12.0. The first kappa shape index (κ1) is 19.3. The summed E-state index contributed by atoms with van der Waals surface area (Å²) in [6, 6.07) is 18.0. The van der Waals surface area contributed by atoms with E-state index in [2.05, 4.69) is 15.6 Å². The van der Waals surface area contributed by atoms with Gasteiger partial charge in [0.1, 0.15) is 5.75 Å². The first-order valence-electron chi connectivity index (χ1n) is 8.26. The van der Waals surface area contributed by atoms with Gasteiger partial charge < -0.3 is 15.4 Å². The third-order valence-electron chi connectivity index (χ3n) is 3.64. The van der Waals surface area contributed by atoms with Gasteiger partial charge in [0.25, 0.3) is 0 Å². The minimum atomic E-state index is -3.83. The average molecular weight is 398 g/mol. The molecule has 4 N–H and O–H groups in total. The van der Waals surface area contributed by atoms with E-state index in [0.717, 1.165) is 5.56 Å². The van der Waals surface area contributed by atoms with Gasteiger partial charge in [-0.05, 0) is 35.9 Å². The van der Waals surface area contributed by atoms with Gasteiger partial charge in [-0.2, -0.15) is 0 Å². The van der Waals surface area contributed by atoms with Crippen LogP contribution in [0.1, 0.15) is 5.56 Å². The van der Waals surface area contributed by atoms with E-state index in [1.165, 1.54) is 18.2 Å². The number of sulfonamides is 1. The second kappa shape index (κ2) is 8.51. The van der Waals surface area contributed by atoms with Gasteiger partial charge in [-0.1, -0.05) is 30.3 Å². The molecule has 3 aromatic rings. The molecule has 8 nitrogen and oxygen atoms in total. The first-order valence-corrected chi connectivity index (χ1v) is 9.80. The maximum Gasteiger partial charge on any atom is 0.319 e. The van der Waals surface area contributed by atoms with Crippen LogP contribution in [-0.4, -0.2) is 19.4 Å². The molecular formula is C19H18N4O4S. The van der Waals surface area contributed by atoms with Crippen molar-refractivity contribution in [1.82, 2.24) is 10.3 Å². The topological polar surface area (TPSA) is 123 Å². The van der Waals surface area contributed by atoms with Crippen molar-refractivity contribution >= 4 is 21.7 Å². The number of para-hydroxylation sites is 1. The number of amides is 2. The summed E-state index contributed by atoms with van der Waals surface area (Å²) >= 11 is 0. The molecule has 0 aliphatic carbocycles. The van der Waals surface area contributed by atoms with Gasteiger partial charge in [0.05, 0.1) is 4.90 Å². The van der Waals surface area contributed by atoms with Crippen LogP contribution in [0.15, 0.2) is 77.8 Å². The monoisotopic (exact) mass is 398 g/mol. The molecule has 1 heterocycles. The molecule has 0 aliphatic rings. The zero-order valence-corrected chi connectivity index (χ0v) is 15.5. The molecular weight excluding hydrogens is 380 g/mol. The number of carbonyl (C=O) groups excluding carboxylic acids is 1. The van der Waals surface area contributed by atoms with Gasteiger partial charge in [-0.25, -0.2) is 23.3 Å². The van der Waals surface area contributed by atoms with E-state index in [9.17, 15) is 13.2 Å². The Morgan fingerprint density at radius 3 is 2.50 bits per heavy atom. The van der Waals surface area contributed by atoms with Crippen LogP contribution in [-0.2, 0) is 16.6 Å². The van der Waals surface area contributed by atoms with Gasteiger partial charge in [-0.15, -0.1) is 0 Å². The molecule has 0 fully saturated rings. The van der Waals surface area contributed by atoms with Crippen LogP contribution in [0.2, 0.25) is 0 Å². The standard InChI is InChI=1S/C19H18N4O4S/c20-28(25,26)17-8-4-5-15(11-17)23-19(24)22-13-14-9-10-18(21-12-14)27-16-6-2-1-3-7-16/h1-12H,13H2,(H2,20,25,26)(H2,22,23,24). The summed E-state index contributed by atoms with van der Waals surface area (Å²) in [5, 5.41) is 10.3. The number of ether oxygens (including phenoxy) is 1. The highest BCUT2D eigenvalue weighted by Crippen LogP contribution is 2.18. The molecule has 2 amide bonds. The number of hydrogen-bond acceptors (Lipinski definition) is 5. The van der Waals surface area contributed by atoms with Gasteiger partial charge in [0, 0.05) is 24.5 Å². The number of nitrogens with two attached hydrogens (primary N) is 1. The first-order chi connectivity index (χ1) is 13.4. The maximum absolute atomic E-state index is 12.0. The average Bonchev–Trinajstić information content (AvgIpc) is 2.68. The van der Waals surface area contributed by atoms with E-state index in [-0.39, 0.29) is 11.4 Å². The predicted molar refractivity (Wildman–Crippen MR) is 104 cm³/mol. The van der Waals surface area contributed by atoms with Crippen molar-refractivity contribution in [3.05, 3.63) is 78.5 Å². The number of aromatic nitrogens is 1. The Bertz CT molecular complexity index is 1050. The lowest BCUT2D eigenvalue weighted by atomic mass is 10.3. The number of nitrogens with zero attached hydrogens (tertiary/aromatic N) is 1. The van der Waals surface area contributed by atoms with Crippen molar-refractivity contribution < 1.29 is 17.9 Å². The zero-order chi connectivity index (χ0) is 20.0. The lowest BCUT2D eigenvalue weighted by molar-refractivity contribution is 0.251.